The summed E-state index contributed by atoms with van der Waals surface area (Å²) in [6.45, 7) is 7.35. The molecule has 8 rings (SSSR count). The van der Waals surface area contributed by atoms with Crippen molar-refractivity contribution in [1.29, 1.82) is 0 Å². The zero-order valence-electron chi connectivity index (χ0n) is 21.1. The summed E-state index contributed by atoms with van der Waals surface area (Å²) in [6, 6.07) is 10.0. The molecular weight excluding hydrogens is 420 g/mol. The summed E-state index contributed by atoms with van der Waals surface area (Å²) in [7, 11) is 0. The van der Waals surface area contributed by atoms with E-state index < -0.39 is 0 Å². The van der Waals surface area contributed by atoms with Crippen molar-refractivity contribution < 1.29 is 0 Å². The molecule has 172 valence electrons. The number of rotatable bonds is 0. The first kappa shape index (κ1) is 20.1. The van der Waals surface area contributed by atoms with Crippen LogP contribution in [-0.2, 0) is 24.7 Å². The van der Waals surface area contributed by atoms with Gasteiger partial charge in [0.2, 0.25) is 0 Å². The summed E-state index contributed by atoms with van der Waals surface area (Å²) in [5, 5.41) is 2.92. The standard InChI is InChI=1S/C35H32/c1-20-9-8-14-23-26-15-16-27-31-18-29-24-12-6-4-10-21(24)22-11-5-7-13-25(22)30(29)19-33(31)35(2,3)34(27)32(26)17-28(20)23/h6-8,12-16,18-20H,4-5,9-11,17H2,1-3H3. The predicted octanol–water partition coefficient (Wildman–Crippen LogP) is 8.97. The number of benzene rings is 3. The summed E-state index contributed by atoms with van der Waals surface area (Å²) in [5.41, 5.74) is 18.5. The van der Waals surface area contributed by atoms with Crippen molar-refractivity contribution in [2.75, 3.05) is 0 Å². The van der Waals surface area contributed by atoms with E-state index in [2.05, 4.69) is 81.5 Å². The molecule has 3 aromatic carbocycles. The summed E-state index contributed by atoms with van der Waals surface area (Å²) in [6.07, 6.45) is 21.4. The lowest BCUT2D eigenvalue weighted by atomic mass is 9.76. The molecule has 0 nitrogen and oxygen atoms in total. The Morgan fingerprint density at radius 3 is 2.17 bits per heavy atom. The highest BCUT2D eigenvalue weighted by Gasteiger charge is 2.41. The molecule has 0 amide bonds. The maximum Gasteiger partial charge on any atom is 0.0162 e. The first-order valence-electron chi connectivity index (χ1n) is 13.6. The topological polar surface area (TPSA) is 0 Å². The minimum Gasteiger partial charge on any atom is -0.0836 e. The zero-order valence-corrected chi connectivity index (χ0v) is 21.1. The Kier molecular flexibility index (Phi) is 3.88. The Balaban J connectivity index is 1.42. The fraction of sp³-hybridized carbons (Fsp3) is 0.314. The second-order valence-corrected chi connectivity index (χ2v) is 11.9. The normalized spacial score (nSPS) is 22.1. The summed E-state index contributed by atoms with van der Waals surface area (Å²) >= 11 is 0. The van der Waals surface area contributed by atoms with Gasteiger partial charge in [-0.25, -0.2) is 0 Å². The second kappa shape index (κ2) is 6.76. The van der Waals surface area contributed by atoms with Crippen LogP contribution < -0.4 is 0 Å². The van der Waals surface area contributed by atoms with Gasteiger partial charge in [-0.05, 0) is 129 Å². The van der Waals surface area contributed by atoms with E-state index in [1.165, 1.54) is 81.8 Å². The Bertz CT molecular complexity index is 1610. The molecule has 0 aliphatic heterocycles. The SMILES string of the molecule is CC1CC=CC2=C1Cc1c2ccc2c1C(C)(C)c1cc3c4c(c5c(c3cc1-2)C=CCC5)CCC=C4. The Morgan fingerprint density at radius 1 is 0.743 bits per heavy atom. The van der Waals surface area contributed by atoms with E-state index >= 15 is 0 Å². The number of hydrogen-bond donors (Lipinski definition) is 0. The van der Waals surface area contributed by atoms with Crippen LogP contribution in [0.4, 0.5) is 0 Å². The highest BCUT2D eigenvalue weighted by atomic mass is 14.4. The summed E-state index contributed by atoms with van der Waals surface area (Å²) < 4.78 is 0. The fourth-order valence-corrected chi connectivity index (χ4v) is 8.03. The molecule has 0 aromatic heterocycles. The van der Waals surface area contributed by atoms with Gasteiger partial charge in [-0.1, -0.05) is 74.9 Å². The van der Waals surface area contributed by atoms with Gasteiger partial charge in [-0.2, -0.15) is 0 Å². The van der Waals surface area contributed by atoms with Crippen molar-refractivity contribution >= 4 is 28.5 Å². The Morgan fingerprint density at radius 2 is 1.43 bits per heavy atom. The summed E-state index contributed by atoms with van der Waals surface area (Å²) in [5.74, 6) is 0.657. The van der Waals surface area contributed by atoms with Gasteiger partial charge >= 0.3 is 0 Å². The average molecular weight is 453 g/mol. The van der Waals surface area contributed by atoms with Crippen molar-refractivity contribution in [1.82, 2.24) is 0 Å². The smallest absolute Gasteiger partial charge is 0.0162 e. The van der Waals surface area contributed by atoms with E-state index in [0.717, 1.165) is 6.42 Å². The Labute approximate surface area is 208 Å². The molecule has 35 heavy (non-hydrogen) atoms. The van der Waals surface area contributed by atoms with Crippen molar-refractivity contribution in [2.24, 2.45) is 5.92 Å². The van der Waals surface area contributed by atoms with Gasteiger partial charge in [-0.3, -0.25) is 0 Å². The van der Waals surface area contributed by atoms with Gasteiger partial charge in [0.1, 0.15) is 0 Å². The van der Waals surface area contributed by atoms with E-state index in [0.29, 0.717) is 5.92 Å². The van der Waals surface area contributed by atoms with E-state index in [9.17, 15) is 0 Å². The third-order valence-corrected chi connectivity index (χ3v) is 9.72. The van der Waals surface area contributed by atoms with Crippen molar-refractivity contribution in [2.45, 2.75) is 64.7 Å². The monoisotopic (exact) mass is 452 g/mol. The molecule has 0 radical (unpaired) electrons. The lowest BCUT2D eigenvalue weighted by Gasteiger charge is -2.27. The lowest BCUT2D eigenvalue weighted by Crippen LogP contribution is -2.18. The van der Waals surface area contributed by atoms with Gasteiger partial charge in [0.25, 0.3) is 0 Å². The van der Waals surface area contributed by atoms with Gasteiger partial charge < -0.3 is 0 Å². The van der Waals surface area contributed by atoms with Crippen LogP contribution in [0.3, 0.4) is 0 Å². The first-order valence-corrected chi connectivity index (χ1v) is 13.6. The highest BCUT2D eigenvalue weighted by Crippen LogP contribution is 2.56. The molecule has 0 bridgehead atoms. The van der Waals surface area contributed by atoms with Crippen LogP contribution >= 0.6 is 0 Å². The largest absolute Gasteiger partial charge is 0.0836 e. The van der Waals surface area contributed by atoms with E-state index in [-0.39, 0.29) is 5.41 Å². The lowest BCUT2D eigenvalue weighted by molar-refractivity contribution is 0.645. The molecule has 0 spiro atoms. The van der Waals surface area contributed by atoms with Gasteiger partial charge in [0, 0.05) is 5.41 Å². The molecule has 0 heteroatoms. The highest BCUT2D eigenvalue weighted by molar-refractivity contribution is 6.04. The van der Waals surface area contributed by atoms with Crippen LogP contribution in [0, 0.1) is 5.92 Å². The molecule has 0 saturated carbocycles. The molecule has 5 aliphatic rings. The van der Waals surface area contributed by atoms with Gasteiger partial charge in [0.05, 0.1) is 0 Å². The number of hydrogen-bond acceptors (Lipinski definition) is 0. The van der Waals surface area contributed by atoms with Crippen molar-refractivity contribution in [3.05, 3.63) is 98.7 Å². The molecule has 0 fully saturated rings. The van der Waals surface area contributed by atoms with Crippen LogP contribution in [0.25, 0.3) is 39.6 Å². The molecular formula is C35H32. The van der Waals surface area contributed by atoms with Crippen molar-refractivity contribution in [3.63, 3.8) is 0 Å². The van der Waals surface area contributed by atoms with Crippen molar-refractivity contribution in [3.8, 4) is 11.1 Å². The molecule has 5 aliphatic carbocycles. The van der Waals surface area contributed by atoms with Crippen LogP contribution in [-0.4, -0.2) is 0 Å². The van der Waals surface area contributed by atoms with Gasteiger partial charge in [-0.15, -0.1) is 0 Å². The molecule has 0 saturated heterocycles. The fourth-order valence-electron chi connectivity index (χ4n) is 8.03. The first-order chi connectivity index (χ1) is 17.0. The minimum absolute atomic E-state index is 0.0166. The van der Waals surface area contributed by atoms with Crippen LogP contribution in [0.1, 0.15) is 84.5 Å². The van der Waals surface area contributed by atoms with Gasteiger partial charge in [0.15, 0.2) is 0 Å². The Hall–Kier alpha value is -3.12. The summed E-state index contributed by atoms with van der Waals surface area (Å²) in [4.78, 5) is 0. The quantitative estimate of drug-likeness (QED) is 0.319. The molecule has 3 aromatic rings. The third-order valence-electron chi connectivity index (χ3n) is 9.72. The molecule has 0 N–H and O–H groups in total. The maximum atomic E-state index is 2.58. The minimum atomic E-state index is 0.0166. The van der Waals surface area contributed by atoms with E-state index in [1.807, 2.05) is 0 Å². The molecule has 0 heterocycles. The van der Waals surface area contributed by atoms with E-state index in [4.69, 9.17) is 0 Å². The van der Waals surface area contributed by atoms with E-state index in [1.54, 1.807) is 27.8 Å². The van der Waals surface area contributed by atoms with Crippen LogP contribution in [0.5, 0.6) is 0 Å². The number of allylic oxidation sites excluding steroid dienone is 6. The average Bonchev–Trinajstić information content (AvgIpc) is 3.37. The third kappa shape index (κ3) is 2.48. The molecule has 1 unspecified atom stereocenters. The van der Waals surface area contributed by atoms with Crippen LogP contribution in [0.15, 0.2) is 54.1 Å². The zero-order chi connectivity index (χ0) is 23.5. The maximum absolute atomic E-state index is 2.58. The van der Waals surface area contributed by atoms with Crippen LogP contribution in [0.2, 0.25) is 0 Å². The number of fused-ring (bicyclic) bond motifs is 12. The predicted molar refractivity (Wildman–Crippen MR) is 150 cm³/mol. The second-order valence-electron chi connectivity index (χ2n) is 11.9. The molecule has 1 atom stereocenters.